The van der Waals surface area contributed by atoms with E-state index in [1.165, 1.54) is 0 Å². The fourth-order valence-electron chi connectivity index (χ4n) is 1.89. The molecule has 3 nitrogen and oxygen atoms in total. The number of amides is 1. The molecule has 0 spiro atoms. The van der Waals surface area contributed by atoms with Crippen molar-refractivity contribution >= 4 is 44.7 Å². The van der Waals surface area contributed by atoms with Gasteiger partial charge in [-0.05, 0) is 34.8 Å². The molecule has 110 valence electrons. The molecule has 0 bridgehead atoms. The minimum Gasteiger partial charge on any atom is -0.392 e. The maximum atomic E-state index is 13.6. The Bertz CT molecular complexity index is 547. The van der Waals surface area contributed by atoms with Crippen LogP contribution in [-0.2, 0) is 4.79 Å². The summed E-state index contributed by atoms with van der Waals surface area (Å²) < 4.78 is 26.9. The molecule has 3 N–H and O–H groups in total. The van der Waals surface area contributed by atoms with E-state index in [1.54, 1.807) is 13.8 Å². The topological polar surface area (TPSA) is 55.1 Å². The van der Waals surface area contributed by atoms with Gasteiger partial charge in [0, 0.05) is 6.07 Å². The first kappa shape index (κ1) is 17.0. The number of thiocarbonyl (C=S) groups is 1. The monoisotopic (exact) mass is 364 g/mol. The smallest absolute Gasteiger partial charge is 0.237 e. The van der Waals surface area contributed by atoms with Crippen molar-refractivity contribution in [2.75, 3.05) is 5.32 Å². The van der Waals surface area contributed by atoms with Gasteiger partial charge in [-0.3, -0.25) is 4.79 Å². The SMILES string of the molecule is CCC(CC)(C(=O)Nc1cc(Br)c(F)cc1F)C(N)=S. The van der Waals surface area contributed by atoms with Gasteiger partial charge in [-0.15, -0.1) is 0 Å². The van der Waals surface area contributed by atoms with E-state index >= 15 is 0 Å². The van der Waals surface area contributed by atoms with E-state index in [-0.39, 0.29) is 15.1 Å². The molecule has 0 aliphatic rings. The third-order valence-electron chi connectivity index (χ3n) is 3.37. The van der Waals surface area contributed by atoms with Gasteiger partial charge in [-0.1, -0.05) is 26.1 Å². The van der Waals surface area contributed by atoms with Crippen molar-refractivity contribution in [3.05, 3.63) is 28.2 Å². The first-order valence-electron chi connectivity index (χ1n) is 6.04. The van der Waals surface area contributed by atoms with E-state index in [9.17, 15) is 13.6 Å². The fourth-order valence-corrected chi connectivity index (χ4v) is 2.62. The number of nitrogens with one attached hydrogen (secondary N) is 1. The van der Waals surface area contributed by atoms with Crippen molar-refractivity contribution in [1.82, 2.24) is 0 Å². The highest BCUT2D eigenvalue weighted by Gasteiger charge is 2.38. The highest BCUT2D eigenvalue weighted by atomic mass is 79.9. The molecule has 0 saturated heterocycles. The van der Waals surface area contributed by atoms with Crippen LogP contribution in [0.1, 0.15) is 26.7 Å². The molecule has 0 heterocycles. The van der Waals surface area contributed by atoms with E-state index in [4.69, 9.17) is 18.0 Å². The van der Waals surface area contributed by atoms with Crippen LogP contribution >= 0.6 is 28.1 Å². The number of halogens is 3. The molecule has 0 aromatic heterocycles. The molecule has 0 aliphatic heterocycles. The minimum absolute atomic E-state index is 0.0570. The second-order valence-electron chi connectivity index (χ2n) is 4.35. The lowest BCUT2D eigenvalue weighted by atomic mass is 9.81. The molecule has 0 unspecified atom stereocenters. The summed E-state index contributed by atoms with van der Waals surface area (Å²) in [6.07, 6.45) is 0.795. The van der Waals surface area contributed by atoms with Gasteiger partial charge in [0.15, 0.2) is 0 Å². The minimum atomic E-state index is -1.04. The Morgan fingerprint density at radius 3 is 2.35 bits per heavy atom. The highest BCUT2D eigenvalue weighted by Crippen LogP contribution is 2.30. The van der Waals surface area contributed by atoms with Gasteiger partial charge in [0.05, 0.1) is 20.6 Å². The Labute approximate surface area is 130 Å². The van der Waals surface area contributed by atoms with Crippen molar-refractivity contribution in [2.45, 2.75) is 26.7 Å². The Morgan fingerprint density at radius 2 is 1.90 bits per heavy atom. The summed E-state index contributed by atoms with van der Waals surface area (Å²) >= 11 is 7.89. The quantitative estimate of drug-likeness (QED) is 0.617. The number of hydrogen-bond acceptors (Lipinski definition) is 2. The maximum Gasteiger partial charge on any atom is 0.237 e. The summed E-state index contributed by atoms with van der Waals surface area (Å²) in [5.74, 6) is -2.09. The molecule has 7 heteroatoms. The zero-order valence-corrected chi connectivity index (χ0v) is 13.5. The van der Waals surface area contributed by atoms with E-state index in [0.717, 1.165) is 6.07 Å². The Kier molecular flexibility index (Phi) is 5.59. The van der Waals surface area contributed by atoms with Gasteiger partial charge in [0.25, 0.3) is 0 Å². The lowest BCUT2D eigenvalue weighted by Gasteiger charge is -2.29. The number of benzene rings is 1. The van der Waals surface area contributed by atoms with Crippen molar-refractivity contribution in [2.24, 2.45) is 11.1 Å². The first-order chi connectivity index (χ1) is 9.28. The van der Waals surface area contributed by atoms with Gasteiger partial charge < -0.3 is 11.1 Å². The molecule has 20 heavy (non-hydrogen) atoms. The summed E-state index contributed by atoms with van der Waals surface area (Å²) in [6, 6.07) is 1.86. The molecule has 1 aromatic rings. The number of carbonyl (C=O) groups excluding carboxylic acids is 1. The molecule has 1 rings (SSSR count). The highest BCUT2D eigenvalue weighted by molar-refractivity contribution is 9.10. The van der Waals surface area contributed by atoms with Crippen LogP contribution in [0.5, 0.6) is 0 Å². The number of carbonyl (C=O) groups is 1. The van der Waals surface area contributed by atoms with Gasteiger partial charge >= 0.3 is 0 Å². The largest absolute Gasteiger partial charge is 0.392 e. The van der Waals surface area contributed by atoms with Crippen molar-refractivity contribution in [3.8, 4) is 0 Å². The van der Waals surface area contributed by atoms with Gasteiger partial charge in [-0.25, -0.2) is 8.78 Å². The van der Waals surface area contributed by atoms with Gasteiger partial charge in [-0.2, -0.15) is 0 Å². The number of rotatable bonds is 5. The molecule has 1 aromatic carbocycles. The third kappa shape index (κ3) is 3.15. The number of anilines is 1. The molecule has 1 amide bonds. The molecular weight excluding hydrogens is 350 g/mol. The lowest BCUT2D eigenvalue weighted by molar-refractivity contribution is -0.122. The third-order valence-corrected chi connectivity index (χ3v) is 4.37. The first-order valence-corrected chi connectivity index (χ1v) is 7.24. The molecule has 0 aliphatic carbocycles. The van der Waals surface area contributed by atoms with Crippen LogP contribution in [-0.4, -0.2) is 10.9 Å². The summed E-state index contributed by atoms with van der Waals surface area (Å²) in [4.78, 5) is 12.4. The summed E-state index contributed by atoms with van der Waals surface area (Å²) in [6.45, 7) is 3.55. The average molecular weight is 365 g/mol. The Morgan fingerprint density at radius 1 is 1.35 bits per heavy atom. The van der Waals surface area contributed by atoms with E-state index in [1.807, 2.05) is 0 Å². The number of hydrogen-bond donors (Lipinski definition) is 2. The zero-order chi connectivity index (χ0) is 15.5. The van der Waals surface area contributed by atoms with Crippen LogP contribution in [0.15, 0.2) is 16.6 Å². The van der Waals surface area contributed by atoms with E-state index in [2.05, 4.69) is 21.2 Å². The van der Waals surface area contributed by atoms with Crippen LogP contribution in [0.3, 0.4) is 0 Å². The normalized spacial score (nSPS) is 11.2. The predicted molar refractivity (Wildman–Crippen MR) is 82.5 cm³/mol. The molecule has 0 atom stereocenters. The van der Waals surface area contributed by atoms with Gasteiger partial charge in [0.2, 0.25) is 5.91 Å². The Hall–Kier alpha value is -1.08. The Balaban J connectivity index is 3.12. The molecule has 0 fully saturated rings. The second kappa shape index (κ2) is 6.58. The molecular formula is C13H15BrF2N2OS. The molecule has 0 saturated carbocycles. The van der Waals surface area contributed by atoms with E-state index < -0.39 is 23.0 Å². The van der Waals surface area contributed by atoms with Gasteiger partial charge in [0.1, 0.15) is 11.6 Å². The summed E-state index contributed by atoms with van der Waals surface area (Å²) in [5, 5.41) is 2.42. The zero-order valence-electron chi connectivity index (χ0n) is 11.1. The maximum absolute atomic E-state index is 13.6. The van der Waals surface area contributed by atoms with Crippen LogP contribution < -0.4 is 11.1 Å². The summed E-state index contributed by atoms with van der Waals surface area (Å²) in [7, 11) is 0. The van der Waals surface area contributed by atoms with Crippen LogP contribution in [0, 0.1) is 17.0 Å². The standard InChI is InChI=1S/C13H15BrF2N2OS/c1-3-13(4-2,11(17)20)12(19)18-10-5-7(14)8(15)6-9(10)16/h5-6H,3-4H2,1-2H3,(H2,17,20)(H,18,19). The van der Waals surface area contributed by atoms with Crippen molar-refractivity contribution in [1.29, 1.82) is 0 Å². The number of nitrogens with two attached hydrogens (primary N) is 1. The van der Waals surface area contributed by atoms with Crippen LogP contribution in [0.25, 0.3) is 0 Å². The van der Waals surface area contributed by atoms with Crippen molar-refractivity contribution < 1.29 is 13.6 Å². The fraction of sp³-hybridized carbons (Fsp3) is 0.385. The van der Waals surface area contributed by atoms with Crippen LogP contribution in [0.2, 0.25) is 0 Å². The van der Waals surface area contributed by atoms with Crippen molar-refractivity contribution in [3.63, 3.8) is 0 Å². The average Bonchev–Trinajstić information content (AvgIpc) is 2.37. The molecule has 0 radical (unpaired) electrons. The second-order valence-corrected chi connectivity index (χ2v) is 5.65. The predicted octanol–water partition coefficient (Wildman–Crippen LogP) is 3.76. The van der Waals surface area contributed by atoms with Crippen LogP contribution in [0.4, 0.5) is 14.5 Å². The lowest BCUT2D eigenvalue weighted by Crippen LogP contribution is -2.45. The van der Waals surface area contributed by atoms with E-state index in [0.29, 0.717) is 18.9 Å². The summed E-state index contributed by atoms with van der Waals surface area (Å²) in [5.41, 5.74) is 4.49.